The Balaban J connectivity index is 0.00000144. The Bertz CT molecular complexity index is 278. The maximum absolute atomic E-state index is 3.85. The van der Waals surface area contributed by atoms with E-state index in [9.17, 15) is 0 Å². The third-order valence-electron chi connectivity index (χ3n) is 1.80. The van der Waals surface area contributed by atoms with Gasteiger partial charge in [0.05, 0.1) is 0 Å². The highest BCUT2D eigenvalue weighted by atomic mass is 15.4. The summed E-state index contributed by atoms with van der Waals surface area (Å²) in [6.45, 7) is 4.21. The summed E-state index contributed by atoms with van der Waals surface area (Å²) in [4.78, 5) is 3.85. The average molecular weight is 167 g/mol. The summed E-state index contributed by atoms with van der Waals surface area (Å²) in [6.07, 6.45) is 4.82. The molecule has 0 aliphatic carbocycles. The molecule has 0 aromatic carbocycles. The Morgan fingerprint density at radius 1 is 1.75 bits per heavy atom. The number of nitrogens with zero attached hydrogens (tertiary/aromatic N) is 2. The van der Waals surface area contributed by atoms with Gasteiger partial charge in [0.25, 0.3) is 0 Å². The van der Waals surface area contributed by atoms with Gasteiger partial charge < -0.3 is 0 Å². The zero-order chi connectivity index (χ0) is 8.97. The smallest absolute Gasteiger partial charge is 0.101 e. The fraction of sp³-hybridized carbons (Fsp3) is 0.444. The predicted octanol–water partition coefficient (Wildman–Crippen LogP) is 1.81. The summed E-state index contributed by atoms with van der Waals surface area (Å²) in [5.41, 5.74) is 5.58. The van der Waals surface area contributed by atoms with Crippen LogP contribution in [0.1, 0.15) is 19.6 Å². The summed E-state index contributed by atoms with van der Waals surface area (Å²) in [7, 11) is 1.74. The molecule has 0 unspecified atom stereocenters. The molecule has 0 bridgehead atoms. The predicted molar refractivity (Wildman–Crippen MR) is 54.4 cm³/mol. The minimum absolute atomic E-state index is 0. The van der Waals surface area contributed by atoms with Crippen molar-refractivity contribution in [2.45, 2.75) is 20.3 Å². The van der Waals surface area contributed by atoms with E-state index in [0.29, 0.717) is 0 Å². The number of aromatic nitrogens is 1. The number of rotatable bonds is 3. The van der Waals surface area contributed by atoms with Crippen LogP contribution in [0.15, 0.2) is 17.3 Å². The molecule has 0 saturated heterocycles. The summed E-state index contributed by atoms with van der Waals surface area (Å²) >= 11 is 0. The second-order valence-corrected chi connectivity index (χ2v) is 2.73. The van der Waals surface area contributed by atoms with E-state index in [-0.39, 0.29) is 1.43 Å². The van der Waals surface area contributed by atoms with Crippen molar-refractivity contribution in [1.29, 1.82) is 0 Å². The molecule has 0 spiro atoms. The molecule has 1 aromatic rings. The lowest BCUT2D eigenvalue weighted by molar-refractivity contribution is 0.937. The molecule has 1 N–H and O–H groups in total. The number of hydrogen-bond donors (Lipinski definition) is 1. The zero-order valence-electron chi connectivity index (χ0n) is 7.83. The van der Waals surface area contributed by atoms with Crippen LogP contribution < -0.4 is 5.43 Å². The second-order valence-electron chi connectivity index (χ2n) is 2.73. The molecule has 1 heterocycles. The van der Waals surface area contributed by atoms with E-state index in [0.717, 1.165) is 6.42 Å². The monoisotopic (exact) mass is 167 g/mol. The van der Waals surface area contributed by atoms with Crippen molar-refractivity contribution in [2.24, 2.45) is 4.99 Å². The molecule has 1 rings (SSSR count). The average Bonchev–Trinajstić information content (AvgIpc) is 2.43. The summed E-state index contributed by atoms with van der Waals surface area (Å²) in [5.74, 6) is 0. The lowest BCUT2D eigenvalue weighted by Gasteiger charge is -2.02. The standard InChI is InChI=1S/C9H15N3.H2/c1-4-9-5-8(2)12(6-9)11-7-10-3;/h5-7H,4H2,1-3H3,(H,10,11);1H. The lowest BCUT2D eigenvalue weighted by atomic mass is 10.2. The van der Waals surface area contributed by atoms with Crippen molar-refractivity contribution in [1.82, 2.24) is 4.68 Å². The van der Waals surface area contributed by atoms with Crippen LogP contribution >= 0.6 is 0 Å². The molecule has 3 heteroatoms. The topological polar surface area (TPSA) is 29.3 Å². The van der Waals surface area contributed by atoms with Gasteiger partial charge in [-0.1, -0.05) is 6.92 Å². The first-order valence-electron chi connectivity index (χ1n) is 4.13. The SMILES string of the molecule is CCc1cc(C)n(NC=NC)c1.[HH]. The van der Waals surface area contributed by atoms with Crippen molar-refractivity contribution >= 4 is 6.34 Å². The van der Waals surface area contributed by atoms with Gasteiger partial charge in [0.1, 0.15) is 6.34 Å². The quantitative estimate of drug-likeness (QED) is 0.540. The van der Waals surface area contributed by atoms with Crippen LogP contribution in [-0.4, -0.2) is 18.1 Å². The summed E-state index contributed by atoms with van der Waals surface area (Å²) in [6, 6.07) is 2.16. The van der Waals surface area contributed by atoms with Gasteiger partial charge in [-0.05, 0) is 25.0 Å². The molecule has 3 nitrogen and oxygen atoms in total. The van der Waals surface area contributed by atoms with E-state index < -0.39 is 0 Å². The minimum Gasteiger partial charge on any atom is -0.284 e. The zero-order valence-corrected chi connectivity index (χ0v) is 7.83. The molecule has 68 valence electrons. The molecular weight excluding hydrogens is 150 g/mol. The Kier molecular flexibility index (Phi) is 2.91. The number of aryl methyl sites for hydroxylation is 2. The van der Waals surface area contributed by atoms with Crippen molar-refractivity contribution in [3.63, 3.8) is 0 Å². The van der Waals surface area contributed by atoms with Crippen LogP contribution in [0.4, 0.5) is 0 Å². The maximum atomic E-state index is 3.85. The van der Waals surface area contributed by atoms with Crippen LogP contribution in [0.25, 0.3) is 0 Å². The van der Waals surface area contributed by atoms with Crippen LogP contribution in [0.5, 0.6) is 0 Å². The first-order valence-corrected chi connectivity index (χ1v) is 4.13. The van der Waals surface area contributed by atoms with E-state index in [1.807, 2.05) is 4.68 Å². The first kappa shape index (κ1) is 8.84. The van der Waals surface area contributed by atoms with Gasteiger partial charge in [-0.3, -0.25) is 15.1 Å². The summed E-state index contributed by atoms with van der Waals surface area (Å²) < 4.78 is 1.96. The molecule has 1 aromatic heterocycles. The van der Waals surface area contributed by atoms with E-state index in [1.54, 1.807) is 13.4 Å². The number of aliphatic imine (C=N–C) groups is 1. The van der Waals surface area contributed by atoms with Gasteiger partial charge >= 0.3 is 0 Å². The molecule has 0 saturated carbocycles. The second kappa shape index (κ2) is 3.95. The number of hydrogen-bond acceptors (Lipinski definition) is 1. The molecule has 0 aliphatic rings. The Hall–Kier alpha value is -1.25. The minimum atomic E-state index is 0. The molecular formula is C9H17N3. The normalized spacial score (nSPS) is 10.9. The molecule has 0 radical (unpaired) electrons. The highest BCUT2D eigenvalue weighted by molar-refractivity contribution is 5.63. The van der Waals surface area contributed by atoms with E-state index >= 15 is 0 Å². The molecule has 12 heavy (non-hydrogen) atoms. The lowest BCUT2D eigenvalue weighted by Crippen LogP contribution is -2.12. The highest BCUT2D eigenvalue weighted by Crippen LogP contribution is 2.05. The van der Waals surface area contributed by atoms with E-state index in [2.05, 4.69) is 36.5 Å². The maximum Gasteiger partial charge on any atom is 0.101 e. The van der Waals surface area contributed by atoms with Gasteiger partial charge in [0.2, 0.25) is 0 Å². The van der Waals surface area contributed by atoms with Crippen molar-refractivity contribution < 1.29 is 1.43 Å². The fourth-order valence-electron chi connectivity index (χ4n) is 1.10. The van der Waals surface area contributed by atoms with Crippen molar-refractivity contribution in [2.75, 3.05) is 12.5 Å². The van der Waals surface area contributed by atoms with Crippen LogP contribution in [0, 0.1) is 6.92 Å². The van der Waals surface area contributed by atoms with Crippen molar-refractivity contribution in [3.05, 3.63) is 23.5 Å². The van der Waals surface area contributed by atoms with Gasteiger partial charge in [-0.15, -0.1) is 0 Å². The Morgan fingerprint density at radius 2 is 2.50 bits per heavy atom. The van der Waals surface area contributed by atoms with Crippen LogP contribution in [-0.2, 0) is 6.42 Å². The largest absolute Gasteiger partial charge is 0.284 e. The van der Waals surface area contributed by atoms with Gasteiger partial charge in [-0.2, -0.15) is 0 Å². The summed E-state index contributed by atoms with van der Waals surface area (Å²) in [5, 5.41) is 0. The molecule has 0 atom stereocenters. The van der Waals surface area contributed by atoms with Gasteiger partial charge in [-0.25, -0.2) is 0 Å². The van der Waals surface area contributed by atoms with E-state index in [1.165, 1.54) is 11.3 Å². The van der Waals surface area contributed by atoms with Crippen LogP contribution in [0.3, 0.4) is 0 Å². The Labute approximate surface area is 74.6 Å². The third-order valence-corrected chi connectivity index (χ3v) is 1.80. The fourth-order valence-corrected chi connectivity index (χ4v) is 1.10. The molecule has 0 fully saturated rings. The van der Waals surface area contributed by atoms with Crippen LogP contribution in [0.2, 0.25) is 0 Å². The number of nitrogens with one attached hydrogen (secondary N) is 1. The van der Waals surface area contributed by atoms with Crippen molar-refractivity contribution in [3.8, 4) is 0 Å². The molecule has 0 aliphatic heterocycles. The van der Waals surface area contributed by atoms with E-state index in [4.69, 9.17) is 0 Å². The molecule has 0 amide bonds. The first-order chi connectivity index (χ1) is 5.77. The third kappa shape index (κ3) is 1.87. The van der Waals surface area contributed by atoms with Gasteiger partial charge in [0, 0.05) is 20.4 Å². The Morgan fingerprint density at radius 3 is 3.00 bits per heavy atom. The highest BCUT2D eigenvalue weighted by Gasteiger charge is 1.97. The van der Waals surface area contributed by atoms with Gasteiger partial charge in [0.15, 0.2) is 0 Å².